The Kier molecular flexibility index (Phi) is 6.82. The summed E-state index contributed by atoms with van der Waals surface area (Å²) >= 11 is 1.50. The third kappa shape index (κ3) is 4.98. The molecule has 0 atom stereocenters. The summed E-state index contributed by atoms with van der Waals surface area (Å²) in [6.07, 6.45) is 5.15. The number of carbonyl (C=O) groups is 1. The number of carbonyl (C=O) groups excluding carboxylic acids is 1. The molecule has 0 unspecified atom stereocenters. The van der Waals surface area contributed by atoms with Gasteiger partial charge < -0.3 is 10.2 Å². The minimum Gasteiger partial charge on any atom is -0.508 e. The van der Waals surface area contributed by atoms with Gasteiger partial charge in [-0.2, -0.15) is 0 Å². The predicted molar refractivity (Wildman–Crippen MR) is 113 cm³/mol. The smallest absolute Gasteiger partial charge is 0.172 e. The van der Waals surface area contributed by atoms with Crippen molar-refractivity contribution in [3.05, 3.63) is 64.7 Å². The van der Waals surface area contributed by atoms with E-state index in [4.69, 9.17) is 0 Å². The van der Waals surface area contributed by atoms with E-state index in [9.17, 15) is 15.0 Å². The Morgan fingerprint density at radius 1 is 1.04 bits per heavy atom. The topological polar surface area (TPSA) is 70.4 Å². The van der Waals surface area contributed by atoms with Gasteiger partial charge in [-0.3, -0.25) is 4.79 Å². The summed E-state index contributed by atoms with van der Waals surface area (Å²) in [5, 5.41) is 23.0. The Morgan fingerprint density at radius 3 is 2.57 bits per heavy atom. The van der Waals surface area contributed by atoms with Crippen LogP contribution in [0.2, 0.25) is 0 Å². The van der Waals surface area contributed by atoms with E-state index in [0.717, 1.165) is 36.3 Å². The molecule has 0 saturated carbocycles. The molecule has 3 aromatic rings. The zero-order valence-electron chi connectivity index (χ0n) is 16.0. The molecule has 0 aliphatic heterocycles. The van der Waals surface area contributed by atoms with Crippen LogP contribution in [-0.2, 0) is 12.8 Å². The highest BCUT2D eigenvalue weighted by Gasteiger charge is 2.17. The molecule has 1 heterocycles. The molecule has 0 amide bonds. The lowest BCUT2D eigenvalue weighted by molar-refractivity contribution is 0.0989. The maximum atomic E-state index is 12.7. The molecule has 0 radical (unpaired) electrons. The van der Waals surface area contributed by atoms with E-state index in [0.29, 0.717) is 17.7 Å². The quantitative estimate of drug-likeness (QED) is 0.356. The lowest BCUT2D eigenvalue weighted by atomic mass is 9.98. The van der Waals surface area contributed by atoms with E-state index >= 15 is 0 Å². The van der Waals surface area contributed by atoms with Crippen LogP contribution in [0.3, 0.4) is 0 Å². The molecule has 0 spiro atoms. The summed E-state index contributed by atoms with van der Waals surface area (Å²) in [4.78, 5) is 17.3. The first-order chi connectivity index (χ1) is 13.6. The van der Waals surface area contributed by atoms with E-state index in [2.05, 4.69) is 11.9 Å². The SMILES string of the molecule is CCCCCCc1cc(C(=O)Cc2csc(-c3ccccc3)n2)c(O)cc1O. The minimum absolute atomic E-state index is 0.0468. The van der Waals surface area contributed by atoms with Crippen molar-refractivity contribution in [3.63, 3.8) is 0 Å². The van der Waals surface area contributed by atoms with Crippen molar-refractivity contribution in [1.29, 1.82) is 0 Å². The maximum absolute atomic E-state index is 12.7. The summed E-state index contributed by atoms with van der Waals surface area (Å²) < 4.78 is 0. The van der Waals surface area contributed by atoms with Crippen molar-refractivity contribution in [1.82, 2.24) is 4.98 Å². The molecule has 0 saturated heterocycles. The summed E-state index contributed by atoms with van der Waals surface area (Å²) in [6, 6.07) is 12.7. The number of unbranched alkanes of at least 4 members (excludes halogenated alkanes) is 3. The number of aryl methyl sites for hydroxylation is 1. The van der Waals surface area contributed by atoms with Crippen LogP contribution in [0.4, 0.5) is 0 Å². The standard InChI is InChI=1S/C23H25NO3S/c1-2-3-4-6-11-17-12-19(22(27)14-20(17)25)21(26)13-18-15-28-23(24-18)16-9-7-5-8-10-16/h5,7-10,12,14-15,25,27H,2-4,6,11,13H2,1H3. The fourth-order valence-corrected chi connectivity index (χ4v) is 3.97. The molecule has 3 rings (SSSR count). The molecule has 5 heteroatoms. The second-order valence-electron chi connectivity index (χ2n) is 6.92. The number of aromatic hydroxyl groups is 2. The van der Waals surface area contributed by atoms with Gasteiger partial charge in [-0.1, -0.05) is 56.5 Å². The molecular weight excluding hydrogens is 370 g/mol. The molecule has 2 aromatic carbocycles. The number of rotatable bonds is 9. The zero-order chi connectivity index (χ0) is 19.9. The van der Waals surface area contributed by atoms with Gasteiger partial charge in [0.25, 0.3) is 0 Å². The Labute approximate surface area is 169 Å². The molecule has 1 aromatic heterocycles. The summed E-state index contributed by atoms with van der Waals surface area (Å²) in [7, 11) is 0. The van der Waals surface area contributed by atoms with Crippen LogP contribution in [0, 0.1) is 0 Å². The molecule has 0 fully saturated rings. The van der Waals surface area contributed by atoms with E-state index in [1.165, 1.54) is 17.4 Å². The van der Waals surface area contributed by atoms with Crippen molar-refractivity contribution >= 4 is 17.1 Å². The Bertz CT molecular complexity index is 934. The van der Waals surface area contributed by atoms with E-state index in [1.54, 1.807) is 6.07 Å². The van der Waals surface area contributed by atoms with Crippen LogP contribution in [0.1, 0.15) is 54.2 Å². The van der Waals surface area contributed by atoms with Crippen molar-refractivity contribution in [2.45, 2.75) is 45.4 Å². The number of thiazole rings is 1. The van der Waals surface area contributed by atoms with Gasteiger partial charge in [0.05, 0.1) is 17.7 Å². The third-order valence-corrected chi connectivity index (χ3v) is 5.65. The number of phenolic OH excluding ortho intramolecular Hbond substituents is 2. The second kappa shape index (κ2) is 9.51. The highest BCUT2D eigenvalue weighted by Crippen LogP contribution is 2.30. The molecule has 28 heavy (non-hydrogen) atoms. The number of nitrogens with zero attached hydrogens (tertiary/aromatic N) is 1. The lowest BCUT2D eigenvalue weighted by Gasteiger charge is -2.09. The summed E-state index contributed by atoms with van der Waals surface area (Å²) in [5.74, 6) is -0.332. The van der Waals surface area contributed by atoms with Gasteiger partial charge in [-0.15, -0.1) is 11.3 Å². The normalized spacial score (nSPS) is 10.9. The molecule has 0 aliphatic carbocycles. The lowest BCUT2D eigenvalue weighted by Crippen LogP contribution is -2.05. The fraction of sp³-hybridized carbons (Fsp3) is 0.304. The predicted octanol–water partition coefficient (Wildman–Crippen LogP) is 5.77. The van der Waals surface area contributed by atoms with Crippen LogP contribution in [0.25, 0.3) is 10.6 Å². The first-order valence-electron chi connectivity index (χ1n) is 9.66. The average Bonchev–Trinajstić information content (AvgIpc) is 3.15. The van der Waals surface area contributed by atoms with Crippen LogP contribution in [0.5, 0.6) is 11.5 Å². The van der Waals surface area contributed by atoms with Gasteiger partial charge in [0.2, 0.25) is 0 Å². The maximum Gasteiger partial charge on any atom is 0.172 e. The number of benzene rings is 2. The van der Waals surface area contributed by atoms with Crippen LogP contribution >= 0.6 is 11.3 Å². The highest BCUT2D eigenvalue weighted by atomic mass is 32.1. The molecule has 0 bridgehead atoms. The number of Topliss-reactive ketones (excluding diaryl/α,β-unsaturated/α-hetero) is 1. The van der Waals surface area contributed by atoms with Crippen molar-refractivity contribution in [2.24, 2.45) is 0 Å². The van der Waals surface area contributed by atoms with Crippen molar-refractivity contribution in [3.8, 4) is 22.1 Å². The number of phenols is 2. The molecule has 146 valence electrons. The largest absolute Gasteiger partial charge is 0.508 e. The van der Waals surface area contributed by atoms with Gasteiger partial charge in [0.15, 0.2) is 5.78 Å². The average molecular weight is 396 g/mol. The third-order valence-electron chi connectivity index (χ3n) is 4.71. The molecule has 4 nitrogen and oxygen atoms in total. The van der Waals surface area contributed by atoms with Crippen LogP contribution in [-0.4, -0.2) is 21.0 Å². The zero-order valence-corrected chi connectivity index (χ0v) is 16.8. The molecular formula is C23H25NO3S. The second-order valence-corrected chi connectivity index (χ2v) is 7.78. The number of ketones is 1. The molecule has 0 aliphatic rings. The number of hydrogen-bond acceptors (Lipinski definition) is 5. The number of hydrogen-bond donors (Lipinski definition) is 2. The fourth-order valence-electron chi connectivity index (χ4n) is 3.15. The first kappa shape index (κ1) is 20.1. The van der Waals surface area contributed by atoms with Gasteiger partial charge >= 0.3 is 0 Å². The van der Waals surface area contributed by atoms with Gasteiger partial charge in [-0.25, -0.2) is 4.98 Å². The van der Waals surface area contributed by atoms with E-state index in [-0.39, 0.29) is 29.3 Å². The van der Waals surface area contributed by atoms with Crippen LogP contribution in [0.15, 0.2) is 47.8 Å². The van der Waals surface area contributed by atoms with Gasteiger partial charge in [-0.05, 0) is 24.5 Å². The summed E-state index contributed by atoms with van der Waals surface area (Å²) in [6.45, 7) is 2.15. The van der Waals surface area contributed by atoms with Crippen LogP contribution < -0.4 is 0 Å². The minimum atomic E-state index is -0.197. The van der Waals surface area contributed by atoms with Gasteiger partial charge in [0, 0.05) is 17.0 Å². The molecule has 2 N–H and O–H groups in total. The Balaban J connectivity index is 1.72. The van der Waals surface area contributed by atoms with E-state index < -0.39 is 0 Å². The van der Waals surface area contributed by atoms with Gasteiger partial charge in [0.1, 0.15) is 16.5 Å². The Morgan fingerprint density at radius 2 is 1.82 bits per heavy atom. The number of aromatic nitrogens is 1. The van der Waals surface area contributed by atoms with Crippen molar-refractivity contribution < 1.29 is 15.0 Å². The van der Waals surface area contributed by atoms with Crippen molar-refractivity contribution in [2.75, 3.05) is 0 Å². The summed E-state index contributed by atoms with van der Waals surface area (Å²) in [5.41, 5.74) is 2.66. The van der Waals surface area contributed by atoms with E-state index in [1.807, 2.05) is 35.7 Å². The monoisotopic (exact) mass is 395 g/mol. The first-order valence-corrected chi connectivity index (χ1v) is 10.5. The highest BCUT2D eigenvalue weighted by molar-refractivity contribution is 7.13. The Hall–Kier alpha value is -2.66.